The van der Waals surface area contributed by atoms with Gasteiger partial charge in [0.25, 0.3) is 5.91 Å². The van der Waals surface area contributed by atoms with Gasteiger partial charge in [0.2, 0.25) is 5.88 Å². The fourth-order valence-electron chi connectivity index (χ4n) is 2.91. The maximum absolute atomic E-state index is 14.3. The predicted molar refractivity (Wildman–Crippen MR) is 125 cm³/mol. The molecule has 194 valence electrons. The standard InChI is InChI=1S/C21H18ClF5N6O2.ClH/c22-5-10(6-28)8-35-20-15(7-30-9-31-20)32-19(34)18-14(29)4-11(21(25,26)27)17(33-18)16-12(23)2-1-3-13(16)24;/h1-4,7,9-10H,5-6,8,28-29H2,(H,32,34);1H. The number of hydrogen-bond donors (Lipinski definition) is 3. The number of amides is 1. The van der Waals surface area contributed by atoms with E-state index >= 15 is 0 Å². The summed E-state index contributed by atoms with van der Waals surface area (Å²) in [5.41, 5.74) is 6.05. The first-order chi connectivity index (χ1) is 16.6. The Balaban J connectivity index is 0.00000456. The van der Waals surface area contributed by atoms with Crippen LogP contribution in [-0.2, 0) is 6.18 Å². The van der Waals surface area contributed by atoms with Crippen LogP contribution in [0.25, 0.3) is 11.3 Å². The van der Waals surface area contributed by atoms with E-state index in [4.69, 9.17) is 27.8 Å². The Hall–Kier alpha value is -3.29. The molecule has 0 saturated heterocycles. The number of alkyl halides is 4. The van der Waals surface area contributed by atoms with Crippen molar-refractivity contribution in [2.24, 2.45) is 11.7 Å². The number of benzene rings is 1. The van der Waals surface area contributed by atoms with Gasteiger partial charge in [-0.15, -0.1) is 24.0 Å². The number of pyridine rings is 1. The highest BCUT2D eigenvalue weighted by atomic mass is 35.5. The summed E-state index contributed by atoms with van der Waals surface area (Å²) in [5.74, 6) is -3.81. The highest BCUT2D eigenvalue weighted by Gasteiger charge is 2.37. The van der Waals surface area contributed by atoms with Crippen LogP contribution in [0, 0.1) is 17.6 Å². The summed E-state index contributed by atoms with van der Waals surface area (Å²) < 4.78 is 75.0. The Labute approximate surface area is 212 Å². The second-order valence-corrected chi connectivity index (χ2v) is 7.49. The predicted octanol–water partition coefficient (Wildman–Crippen LogP) is 4.28. The molecule has 3 rings (SSSR count). The summed E-state index contributed by atoms with van der Waals surface area (Å²) >= 11 is 5.77. The topological polar surface area (TPSA) is 129 Å². The van der Waals surface area contributed by atoms with Crippen molar-refractivity contribution in [3.8, 4) is 17.1 Å². The number of rotatable bonds is 8. The largest absolute Gasteiger partial charge is 0.476 e. The second-order valence-electron chi connectivity index (χ2n) is 7.18. The molecule has 0 radical (unpaired) electrons. The monoisotopic (exact) mass is 552 g/mol. The fraction of sp³-hybridized carbons (Fsp3) is 0.238. The number of nitrogens with two attached hydrogens (primary N) is 2. The molecule has 2 heterocycles. The molecular weight excluding hydrogens is 534 g/mol. The number of aromatic nitrogens is 3. The Morgan fingerprint density at radius 1 is 1.22 bits per heavy atom. The zero-order valence-corrected chi connectivity index (χ0v) is 19.7. The van der Waals surface area contributed by atoms with Gasteiger partial charge in [0, 0.05) is 11.8 Å². The van der Waals surface area contributed by atoms with E-state index in [1.165, 1.54) is 0 Å². The minimum atomic E-state index is -5.07. The summed E-state index contributed by atoms with van der Waals surface area (Å²) in [5, 5.41) is 2.33. The zero-order valence-electron chi connectivity index (χ0n) is 18.2. The molecule has 8 nitrogen and oxygen atoms in total. The molecule has 0 saturated carbocycles. The molecule has 1 unspecified atom stereocenters. The molecule has 0 aliphatic heterocycles. The molecule has 0 bridgehead atoms. The number of carbonyl (C=O) groups is 1. The quantitative estimate of drug-likeness (QED) is 0.281. The van der Waals surface area contributed by atoms with Crippen molar-refractivity contribution < 1.29 is 31.5 Å². The normalized spacial score (nSPS) is 12.0. The number of anilines is 2. The number of nitrogens with zero attached hydrogens (tertiary/aromatic N) is 3. The van der Waals surface area contributed by atoms with Crippen molar-refractivity contribution in [1.82, 2.24) is 15.0 Å². The summed E-state index contributed by atoms with van der Waals surface area (Å²) in [6, 6.07) is 2.88. The van der Waals surface area contributed by atoms with E-state index in [0.29, 0.717) is 6.07 Å². The lowest BCUT2D eigenvalue weighted by molar-refractivity contribution is -0.137. The van der Waals surface area contributed by atoms with Gasteiger partial charge in [-0.1, -0.05) is 6.07 Å². The van der Waals surface area contributed by atoms with Gasteiger partial charge in [0.1, 0.15) is 23.6 Å². The van der Waals surface area contributed by atoms with E-state index in [-0.39, 0.29) is 48.9 Å². The van der Waals surface area contributed by atoms with Crippen LogP contribution in [0.1, 0.15) is 16.1 Å². The number of nitrogens with one attached hydrogen (secondary N) is 1. The van der Waals surface area contributed by atoms with Gasteiger partial charge in [-0.3, -0.25) is 4.79 Å². The molecule has 5 N–H and O–H groups in total. The van der Waals surface area contributed by atoms with Gasteiger partial charge in [-0.05, 0) is 24.7 Å². The van der Waals surface area contributed by atoms with Crippen LogP contribution < -0.4 is 21.5 Å². The van der Waals surface area contributed by atoms with Crippen LogP contribution >= 0.6 is 24.0 Å². The summed E-state index contributed by atoms with van der Waals surface area (Å²) in [6.07, 6.45) is -2.78. The lowest BCUT2D eigenvalue weighted by Gasteiger charge is -2.17. The first kappa shape index (κ1) is 28.9. The van der Waals surface area contributed by atoms with E-state index in [1.807, 2.05) is 0 Å². The molecule has 0 aliphatic carbocycles. The number of carbonyl (C=O) groups excluding carboxylic acids is 1. The van der Waals surface area contributed by atoms with E-state index in [9.17, 15) is 26.7 Å². The molecule has 3 aromatic rings. The zero-order chi connectivity index (χ0) is 25.8. The number of hydrogen-bond acceptors (Lipinski definition) is 7. The van der Waals surface area contributed by atoms with Crippen LogP contribution in [0.4, 0.5) is 33.3 Å². The minimum Gasteiger partial charge on any atom is -0.476 e. The number of nitrogen functional groups attached to an aromatic ring is 1. The molecule has 1 amide bonds. The summed E-state index contributed by atoms with van der Waals surface area (Å²) in [6.45, 7) is 0.273. The first-order valence-corrected chi connectivity index (χ1v) is 10.4. The second kappa shape index (κ2) is 12.1. The SMILES string of the molecule is Cl.NCC(CCl)COc1ncncc1NC(=O)c1nc(-c2c(F)cccc2F)c(C(F)(F)F)cc1N. The van der Waals surface area contributed by atoms with Crippen molar-refractivity contribution in [2.45, 2.75) is 6.18 Å². The van der Waals surface area contributed by atoms with Crippen LogP contribution in [0.3, 0.4) is 0 Å². The smallest absolute Gasteiger partial charge is 0.418 e. The van der Waals surface area contributed by atoms with Gasteiger partial charge in [0.05, 0.1) is 35.3 Å². The minimum absolute atomic E-state index is 0. The average molecular weight is 553 g/mol. The molecule has 0 aliphatic rings. The van der Waals surface area contributed by atoms with Crippen LogP contribution in [-0.4, -0.2) is 39.9 Å². The van der Waals surface area contributed by atoms with Crippen molar-refractivity contribution in [1.29, 1.82) is 0 Å². The highest BCUT2D eigenvalue weighted by Crippen LogP contribution is 2.39. The third-order valence-electron chi connectivity index (χ3n) is 4.70. The maximum atomic E-state index is 14.3. The average Bonchev–Trinajstić information content (AvgIpc) is 2.80. The van der Waals surface area contributed by atoms with E-state index < -0.39 is 51.9 Å². The highest BCUT2D eigenvalue weighted by molar-refractivity contribution is 6.18. The molecule has 0 spiro atoms. The lowest BCUT2D eigenvalue weighted by atomic mass is 10.0. The van der Waals surface area contributed by atoms with Gasteiger partial charge in [-0.2, -0.15) is 18.2 Å². The van der Waals surface area contributed by atoms with Gasteiger partial charge in [-0.25, -0.2) is 18.7 Å². The molecule has 0 fully saturated rings. The van der Waals surface area contributed by atoms with Crippen molar-refractivity contribution in [3.05, 3.63) is 59.7 Å². The van der Waals surface area contributed by atoms with Crippen LogP contribution in [0.15, 0.2) is 36.8 Å². The Kier molecular flexibility index (Phi) is 9.73. The Morgan fingerprint density at radius 3 is 2.47 bits per heavy atom. The molecule has 15 heteroatoms. The van der Waals surface area contributed by atoms with Crippen LogP contribution in [0.2, 0.25) is 0 Å². The third-order valence-corrected chi connectivity index (χ3v) is 5.14. The lowest BCUT2D eigenvalue weighted by Crippen LogP contribution is -2.24. The third kappa shape index (κ3) is 6.47. The molecule has 2 aromatic heterocycles. The van der Waals surface area contributed by atoms with E-state index in [2.05, 4.69) is 20.3 Å². The van der Waals surface area contributed by atoms with Crippen molar-refractivity contribution >= 4 is 41.3 Å². The van der Waals surface area contributed by atoms with Crippen molar-refractivity contribution in [3.63, 3.8) is 0 Å². The molecule has 1 atom stereocenters. The van der Waals surface area contributed by atoms with Gasteiger partial charge < -0.3 is 21.5 Å². The maximum Gasteiger partial charge on any atom is 0.418 e. The Bertz CT molecular complexity index is 1210. The summed E-state index contributed by atoms with van der Waals surface area (Å²) in [7, 11) is 0. The number of ether oxygens (including phenoxy) is 1. The first-order valence-electron chi connectivity index (χ1n) is 9.89. The van der Waals surface area contributed by atoms with Crippen LogP contribution in [0.5, 0.6) is 5.88 Å². The van der Waals surface area contributed by atoms with E-state index in [0.717, 1.165) is 30.7 Å². The fourth-order valence-corrected chi connectivity index (χ4v) is 3.13. The van der Waals surface area contributed by atoms with Gasteiger partial charge in [0.15, 0.2) is 5.69 Å². The number of halogens is 7. The van der Waals surface area contributed by atoms with E-state index in [1.54, 1.807) is 0 Å². The van der Waals surface area contributed by atoms with Crippen molar-refractivity contribution in [2.75, 3.05) is 30.1 Å². The molecule has 1 aromatic carbocycles. The molecular formula is C21H19Cl2F5N6O2. The summed E-state index contributed by atoms with van der Waals surface area (Å²) in [4.78, 5) is 24.1. The molecule has 36 heavy (non-hydrogen) atoms. The Morgan fingerprint density at radius 2 is 1.89 bits per heavy atom. The van der Waals surface area contributed by atoms with Gasteiger partial charge >= 0.3 is 6.18 Å².